The second-order valence-electron chi connectivity index (χ2n) is 5.39. The van der Waals surface area contributed by atoms with E-state index < -0.39 is 5.54 Å². The van der Waals surface area contributed by atoms with E-state index in [4.69, 9.17) is 0 Å². The average Bonchev–Trinajstić information content (AvgIpc) is 3.10. The Morgan fingerprint density at radius 2 is 2.42 bits per heavy atom. The topological polar surface area (TPSA) is 56.1 Å². The molecule has 1 aromatic heterocycles. The highest BCUT2D eigenvalue weighted by atomic mass is 32.1. The third-order valence-electron chi connectivity index (χ3n) is 3.44. The normalized spacial score (nSPS) is 17.8. The molecule has 102 valence electrons. The van der Waals surface area contributed by atoms with E-state index in [2.05, 4.69) is 17.5 Å². The fourth-order valence-electron chi connectivity index (χ4n) is 2.18. The number of rotatable bonds is 6. The van der Waals surface area contributed by atoms with Gasteiger partial charge >= 0.3 is 0 Å². The molecule has 19 heavy (non-hydrogen) atoms. The Morgan fingerprint density at radius 1 is 1.68 bits per heavy atom. The van der Waals surface area contributed by atoms with Crippen LogP contribution in [0, 0.1) is 17.2 Å². The zero-order valence-electron chi connectivity index (χ0n) is 11.3. The van der Waals surface area contributed by atoms with Gasteiger partial charge in [0, 0.05) is 11.4 Å². The number of hydrogen-bond acceptors (Lipinski definition) is 4. The van der Waals surface area contributed by atoms with Crippen molar-refractivity contribution >= 4 is 17.2 Å². The molecule has 0 spiro atoms. The van der Waals surface area contributed by atoms with Crippen molar-refractivity contribution in [2.24, 2.45) is 5.92 Å². The first-order valence-electron chi connectivity index (χ1n) is 6.46. The summed E-state index contributed by atoms with van der Waals surface area (Å²) in [7, 11) is 1.92. The molecule has 0 aromatic carbocycles. The van der Waals surface area contributed by atoms with Gasteiger partial charge in [0.2, 0.25) is 5.91 Å². The highest BCUT2D eigenvalue weighted by Gasteiger charge is 2.42. The summed E-state index contributed by atoms with van der Waals surface area (Å²) in [5.41, 5.74) is -0.694. The molecule has 2 rings (SSSR count). The zero-order chi connectivity index (χ0) is 13.9. The third kappa shape index (κ3) is 3.79. The van der Waals surface area contributed by atoms with Crippen molar-refractivity contribution in [3.63, 3.8) is 0 Å². The van der Waals surface area contributed by atoms with Crippen LogP contribution in [0.5, 0.6) is 0 Å². The first-order valence-corrected chi connectivity index (χ1v) is 7.34. The van der Waals surface area contributed by atoms with Gasteiger partial charge in [0.1, 0.15) is 5.54 Å². The van der Waals surface area contributed by atoms with Gasteiger partial charge in [-0.3, -0.25) is 9.69 Å². The van der Waals surface area contributed by atoms with Gasteiger partial charge in [0.05, 0.1) is 12.6 Å². The molecule has 5 heteroatoms. The van der Waals surface area contributed by atoms with Crippen LogP contribution >= 0.6 is 11.3 Å². The van der Waals surface area contributed by atoms with Crippen molar-refractivity contribution < 1.29 is 4.79 Å². The summed E-state index contributed by atoms with van der Waals surface area (Å²) in [5, 5.41) is 14.1. The Labute approximate surface area is 118 Å². The van der Waals surface area contributed by atoms with Crippen molar-refractivity contribution in [2.45, 2.75) is 31.8 Å². The van der Waals surface area contributed by atoms with E-state index in [9.17, 15) is 10.1 Å². The number of nitrogens with zero attached hydrogens (tertiary/aromatic N) is 2. The molecule has 0 saturated heterocycles. The van der Waals surface area contributed by atoms with Crippen LogP contribution in [0.1, 0.15) is 24.6 Å². The predicted molar refractivity (Wildman–Crippen MR) is 75.5 cm³/mol. The van der Waals surface area contributed by atoms with E-state index in [1.54, 1.807) is 11.3 Å². The quantitative estimate of drug-likeness (QED) is 0.865. The molecular weight excluding hydrogens is 258 g/mol. The molecule has 1 fully saturated rings. The summed E-state index contributed by atoms with van der Waals surface area (Å²) in [4.78, 5) is 15.2. The Bertz CT molecular complexity index is 475. The number of carbonyl (C=O) groups is 1. The average molecular weight is 277 g/mol. The molecule has 1 amide bonds. The molecule has 1 aromatic rings. The van der Waals surface area contributed by atoms with Crippen LogP contribution < -0.4 is 5.32 Å². The number of thiophene rings is 1. The van der Waals surface area contributed by atoms with Crippen molar-refractivity contribution in [2.75, 3.05) is 13.6 Å². The second-order valence-corrected chi connectivity index (χ2v) is 6.42. The number of nitrogens with one attached hydrogen (secondary N) is 1. The minimum absolute atomic E-state index is 0.0741. The van der Waals surface area contributed by atoms with Crippen LogP contribution in [-0.2, 0) is 11.3 Å². The van der Waals surface area contributed by atoms with E-state index in [-0.39, 0.29) is 5.91 Å². The van der Waals surface area contributed by atoms with E-state index in [0.29, 0.717) is 12.5 Å². The lowest BCUT2D eigenvalue weighted by molar-refractivity contribution is -0.123. The maximum absolute atomic E-state index is 12.0. The molecule has 1 aliphatic rings. The lowest BCUT2D eigenvalue weighted by Gasteiger charge is -2.24. The van der Waals surface area contributed by atoms with Gasteiger partial charge in [-0.2, -0.15) is 5.26 Å². The number of amides is 1. The van der Waals surface area contributed by atoms with Crippen LogP contribution in [0.15, 0.2) is 17.5 Å². The van der Waals surface area contributed by atoms with E-state index in [1.807, 2.05) is 30.3 Å². The van der Waals surface area contributed by atoms with Crippen LogP contribution in [0.3, 0.4) is 0 Å². The zero-order valence-corrected chi connectivity index (χ0v) is 12.2. The van der Waals surface area contributed by atoms with Crippen LogP contribution in [0.2, 0.25) is 0 Å². The summed E-state index contributed by atoms with van der Waals surface area (Å²) >= 11 is 1.69. The predicted octanol–water partition coefficient (Wildman–Crippen LogP) is 1.99. The van der Waals surface area contributed by atoms with Gasteiger partial charge in [-0.15, -0.1) is 11.3 Å². The van der Waals surface area contributed by atoms with Crippen molar-refractivity contribution in [1.29, 1.82) is 5.26 Å². The Hall–Kier alpha value is -1.38. The molecule has 1 aliphatic carbocycles. The largest absolute Gasteiger partial charge is 0.337 e. The van der Waals surface area contributed by atoms with Gasteiger partial charge < -0.3 is 5.32 Å². The maximum Gasteiger partial charge on any atom is 0.235 e. The minimum Gasteiger partial charge on any atom is -0.337 e. The standard InChI is InChI=1S/C14H19N3OS/c1-14(10-15,11-5-6-11)16-13(18)9-17(2)8-12-4-3-7-19-12/h3-4,7,11H,5-6,8-9H2,1-2H3,(H,16,18). The molecule has 1 saturated carbocycles. The van der Waals surface area contributed by atoms with E-state index in [0.717, 1.165) is 19.4 Å². The van der Waals surface area contributed by atoms with E-state index >= 15 is 0 Å². The van der Waals surface area contributed by atoms with Crippen molar-refractivity contribution in [3.05, 3.63) is 22.4 Å². The molecule has 1 heterocycles. The minimum atomic E-state index is -0.694. The van der Waals surface area contributed by atoms with Gasteiger partial charge in [0.15, 0.2) is 0 Å². The second kappa shape index (κ2) is 5.72. The number of likely N-dealkylation sites (N-methyl/N-ethyl adjacent to an activating group) is 1. The first kappa shape index (κ1) is 14.0. The number of hydrogen-bond donors (Lipinski definition) is 1. The highest BCUT2D eigenvalue weighted by Crippen LogP contribution is 2.39. The summed E-state index contributed by atoms with van der Waals surface area (Å²) in [6, 6.07) is 6.31. The van der Waals surface area contributed by atoms with Crippen molar-refractivity contribution in [1.82, 2.24) is 10.2 Å². The number of nitriles is 1. The van der Waals surface area contributed by atoms with E-state index in [1.165, 1.54) is 4.88 Å². The highest BCUT2D eigenvalue weighted by molar-refractivity contribution is 7.09. The van der Waals surface area contributed by atoms with Crippen LogP contribution in [0.25, 0.3) is 0 Å². The maximum atomic E-state index is 12.0. The Kier molecular flexibility index (Phi) is 4.23. The smallest absolute Gasteiger partial charge is 0.235 e. The molecule has 0 bridgehead atoms. The summed E-state index contributed by atoms with van der Waals surface area (Å²) in [6.07, 6.45) is 2.07. The summed E-state index contributed by atoms with van der Waals surface area (Å²) < 4.78 is 0. The van der Waals surface area contributed by atoms with Gasteiger partial charge in [-0.25, -0.2) is 0 Å². The van der Waals surface area contributed by atoms with Gasteiger partial charge in [-0.1, -0.05) is 6.07 Å². The molecular formula is C14H19N3OS. The summed E-state index contributed by atoms with van der Waals surface area (Å²) in [5.74, 6) is 0.249. The SMILES string of the molecule is CN(CC(=O)NC(C)(C#N)C1CC1)Cc1cccs1. The molecule has 0 aliphatic heterocycles. The lowest BCUT2D eigenvalue weighted by Crippen LogP contribution is -2.49. The van der Waals surface area contributed by atoms with Crippen LogP contribution in [0.4, 0.5) is 0 Å². The number of carbonyl (C=O) groups excluding carboxylic acids is 1. The molecule has 0 radical (unpaired) electrons. The van der Waals surface area contributed by atoms with Crippen LogP contribution in [-0.4, -0.2) is 29.9 Å². The fraction of sp³-hybridized carbons (Fsp3) is 0.571. The van der Waals surface area contributed by atoms with Gasteiger partial charge in [-0.05, 0) is 44.2 Å². The summed E-state index contributed by atoms with van der Waals surface area (Å²) in [6.45, 7) is 2.90. The Balaban J connectivity index is 1.82. The van der Waals surface area contributed by atoms with Crippen molar-refractivity contribution in [3.8, 4) is 6.07 Å². The molecule has 1 unspecified atom stereocenters. The first-order chi connectivity index (χ1) is 9.03. The fourth-order valence-corrected chi connectivity index (χ4v) is 2.96. The monoisotopic (exact) mass is 277 g/mol. The molecule has 4 nitrogen and oxygen atoms in total. The molecule has 1 atom stereocenters. The Morgan fingerprint density at radius 3 is 2.95 bits per heavy atom. The lowest BCUT2D eigenvalue weighted by atomic mass is 9.98. The third-order valence-corrected chi connectivity index (χ3v) is 4.31. The molecule has 1 N–H and O–H groups in total. The van der Waals surface area contributed by atoms with Gasteiger partial charge in [0.25, 0.3) is 0 Å².